The molecule has 1 aliphatic heterocycles. The van der Waals surface area contributed by atoms with Crippen LogP contribution >= 0.6 is 0 Å². The molecule has 20 heavy (non-hydrogen) atoms. The number of pyridine rings is 1. The van der Waals surface area contributed by atoms with Gasteiger partial charge in [0.1, 0.15) is 5.75 Å². The molecule has 0 bridgehead atoms. The summed E-state index contributed by atoms with van der Waals surface area (Å²) in [6, 6.07) is 10.4. The Kier molecular flexibility index (Phi) is 5.56. The van der Waals surface area contributed by atoms with Crippen LogP contribution in [0.3, 0.4) is 0 Å². The maximum absolute atomic E-state index is 5.78. The van der Waals surface area contributed by atoms with Gasteiger partial charge in [-0.3, -0.25) is 4.98 Å². The van der Waals surface area contributed by atoms with Gasteiger partial charge in [0.15, 0.2) is 0 Å². The van der Waals surface area contributed by atoms with E-state index < -0.39 is 0 Å². The molecule has 0 fully saturated rings. The van der Waals surface area contributed by atoms with Gasteiger partial charge in [0.05, 0.1) is 6.61 Å². The highest BCUT2D eigenvalue weighted by Crippen LogP contribution is 2.35. The van der Waals surface area contributed by atoms with Crippen molar-refractivity contribution >= 4 is 0 Å². The highest BCUT2D eigenvalue weighted by Gasteiger charge is 2.14. The van der Waals surface area contributed by atoms with Crippen LogP contribution in [0.5, 0.6) is 5.75 Å². The lowest BCUT2D eigenvalue weighted by molar-refractivity contribution is 0.289. The molecule has 0 atom stereocenters. The van der Waals surface area contributed by atoms with Crippen molar-refractivity contribution in [3.05, 3.63) is 48.3 Å². The molecule has 1 aliphatic rings. The summed E-state index contributed by atoms with van der Waals surface area (Å²) >= 11 is 0. The first kappa shape index (κ1) is 14.5. The molecule has 0 radical (unpaired) electrons. The van der Waals surface area contributed by atoms with E-state index in [1.807, 2.05) is 19.3 Å². The standard InChI is InChI=1S/C14H13NO.C3H9N/c1-4-11-6-3-9-16-14(11)13(7-1)12-5-2-8-15-10-12;1-3-4-2/h1-2,4-5,7-8,10H,3,6,9H2;4H,3H2,1-2H3. The van der Waals surface area contributed by atoms with E-state index in [-0.39, 0.29) is 0 Å². The van der Waals surface area contributed by atoms with E-state index in [0.717, 1.165) is 42.9 Å². The van der Waals surface area contributed by atoms with Crippen LogP contribution in [0.1, 0.15) is 18.9 Å². The summed E-state index contributed by atoms with van der Waals surface area (Å²) in [7, 11) is 1.93. The molecular formula is C17H22N2O. The molecule has 1 N–H and O–H groups in total. The molecule has 0 saturated carbocycles. The van der Waals surface area contributed by atoms with Crippen LogP contribution in [0, 0.1) is 0 Å². The second kappa shape index (κ2) is 7.65. The molecule has 3 rings (SSSR count). The lowest BCUT2D eigenvalue weighted by Crippen LogP contribution is -2.09. The number of nitrogens with one attached hydrogen (secondary N) is 1. The maximum atomic E-state index is 5.78. The number of hydrogen-bond acceptors (Lipinski definition) is 3. The lowest BCUT2D eigenvalue weighted by atomic mass is 9.99. The van der Waals surface area contributed by atoms with Crippen LogP contribution in [0.15, 0.2) is 42.7 Å². The molecule has 3 nitrogen and oxygen atoms in total. The van der Waals surface area contributed by atoms with Gasteiger partial charge in [-0.25, -0.2) is 0 Å². The number of aromatic nitrogens is 1. The van der Waals surface area contributed by atoms with Crippen LogP contribution in [0.4, 0.5) is 0 Å². The molecule has 0 spiro atoms. The van der Waals surface area contributed by atoms with Crippen molar-refractivity contribution in [3.63, 3.8) is 0 Å². The Balaban J connectivity index is 0.000000328. The number of hydrogen-bond donors (Lipinski definition) is 1. The van der Waals surface area contributed by atoms with Crippen LogP contribution in [0.25, 0.3) is 11.1 Å². The minimum Gasteiger partial charge on any atom is -0.493 e. The van der Waals surface area contributed by atoms with Crippen LogP contribution in [-0.4, -0.2) is 25.2 Å². The van der Waals surface area contributed by atoms with Gasteiger partial charge in [-0.05, 0) is 38.1 Å². The van der Waals surface area contributed by atoms with Gasteiger partial charge in [-0.1, -0.05) is 31.2 Å². The third-order valence-corrected chi connectivity index (χ3v) is 3.26. The largest absolute Gasteiger partial charge is 0.493 e. The summed E-state index contributed by atoms with van der Waals surface area (Å²) in [4.78, 5) is 4.15. The third kappa shape index (κ3) is 3.58. The van der Waals surface area contributed by atoms with Crippen molar-refractivity contribution in [1.29, 1.82) is 0 Å². The van der Waals surface area contributed by atoms with Gasteiger partial charge in [0.25, 0.3) is 0 Å². The first-order chi connectivity index (χ1) is 9.86. The van der Waals surface area contributed by atoms with Gasteiger partial charge in [-0.2, -0.15) is 0 Å². The van der Waals surface area contributed by atoms with Gasteiger partial charge < -0.3 is 10.1 Å². The number of aryl methyl sites for hydroxylation is 1. The zero-order valence-electron chi connectivity index (χ0n) is 12.2. The molecular weight excluding hydrogens is 248 g/mol. The van der Waals surface area contributed by atoms with Crippen LogP contribution in [0.2, 0.25) is 0 Å². The summed E-state index contributed by atoms with van der Waals surface area (Å²) in [5.74, 6) is 1.04. The molecule has 2 heterocycles. The van der Waals surface area contributed by atoms with Crippen molar-refractivity contribution in [2.75, 3.05) is 20.2 Å². The Morgan fingerprint density at radius 1 is 1.25 bits per heavy atom. The number of ether oxygens (including phenoxy) is 1. The smallest absolute Gasteiger partial charge is 0.130 e. The predicted octanol–water partition coefficient (Wildman–Crippen LogP) is 3.30. The fourth-order valence-corrected chi connectivity index (χ4v) is 2.14. The number of benzene rings is 1. The molecule has 0 aliphatic carbocycles. The monoisotopic (exact) mass is 270 g/mol. The maximum Gasteiger partial charge on any atom is 0.130 e. The SMILES string of the molecule is CCNC.c1cncc(-c2cccc3c2OCCC3)c1. The second-order valence-electron chi connectivity index (χ2n) is 4.69. The van der Waals surface area contributed by atoms with Crippen LogP contribution < -0.4 is 10.1 Å². The molecule has 2 aromatic rings. The van der Waals surface area contributed by atoms with E-state index in [0.29, 0.717) is 0 Å². The molecule has 0 unspecified atom stereocenters. The average molecular weight is 270 g/mol. The predicted molar refractivity (Wildman–Crippen MR) is 83.1 cm³/mol. The van der Waals surface area contributed by atoms with E-state index in [9.17, 15) is 0 Å². The summed E-state index contributed by atoms with van der Waals surface area (Å²) < 4.78 is 5.78. The fourth-order valence-electron chi connectivity index (χ4n) is 2.14. The summed E-state index contributed by atoms with van der Waals surface area (Å²) in [6.45, 7) is 3.96. The molecule has 0 saturated heterocycles. The topological polar surface area (TPSA) is 34.2 Å². The van der Waals surface area contributed by atoms with Gasteiger partial charge in [0.2, 0.25) is 0 Å². The quantitative estimate of drug-likeness (QED) is 0.909. The zero-order valence-corrected chi connectivity index (χ0v) is 12.2. The Labute approximate surface area is 121 Å². The van der Waals surface area contributed by atoms with Crippen molar-refractivity contribution < 1.29 is 4.74 Å². The Morgan fingerprint density at radius 2 is 2.10 bits per heavy atom. The molecule has 3 heteroatoms. The van der Waals surface area contributed by atoms with E-state index in [2.05, 4.69) is 41.5 Å². The highest BCUT2D eigenvalue weighted by atomic mass is 16.5. The van der Waals surface area contributed by atoms with Crippen molar-refractivity contribution in [2.24, 2.45) is 0 Å². The Hall–Kier alpha value is -1.87. The van der Waals surface area contributed by atoms with Gasteiger partial charge >= 0.3 is 0 Å². The van der Waals surface area contributed by atoms with E-state index in [4.69, 9.17) is 4.74 Å². The molecule has 0 amide bonds. The van der Waals surface area contributed by atoms with Gasteiger partial charge in [0, 0.05) is 23.5 Å². The van der Waals surface area contributed by atoms with Crippen molar-refractivity contribution in [1.82, 2.24) is 10.3 Å². The molecule has 106 valence electrons. The van der Waals surface area contributed by atoms with E-state index in [1.54, 1.807) is 6.20 Å². The number of fused-ring (bicyclic) bond motifs is 1. The van der Waals surface area contributed by atoms with E-state index in [1.165, 1.54) is 5.56 Å². The Morgan fingerprint density at radius 3 is 2.80 bits per heavy atom. The van der Waals surface area contributed by atoms with Crippen molar-refractivity contribution in [3.8, 4) is 16.9 Å². The summed E-state index contributed by atoms with van der Waals surface area (Å²) in [5, 5.41) is 2.93. The average Bonchev–Trinajstić information content (AvgIpc) is 2.55. The van der Waals surface area contributed by atoms with Crippen molar-refractivity contribution in [2.45, 2.75) is 19.8 Å². The summed E-state index contributed by atoms with van der Waals surface area (Å²) in [6.07, 6.45) is 5.90. The Bertz CT molecular complexity index is 524. The first-order valence-electron chi connectivity index (χ1n) is 7.16. The number of nitrogens with zero attached hydrogens (tertiary/aromatic N) is 1. The third-order valence-electron chi connectivity index (χ3n) is 3.26. The minimum atomic E-state index is 0.824. The number of para-hydroxylation sites is 1. The minimum absolute atomic E-state index is 0.824. The summed E-state index contributed by atoms with van der Waals surface area (Å²) in [5.41, 5.74) is 3.60. The fraction of sp³-hybridized carbons (Fsp3) is 0.353. The van der Waals surface area contributed by atoms with Crippen LogP contribution in [-0.2, 0) is 6.42 Å². The first-order valence-corrected chi connectivity index (χ1v) is 7.16. The highest BCUT2D eigenvalue weighted by molar-refractivity contribution is 5.71. The number of rotatable bonds is 2. The normalized spacial score (nSPS) is 12.7. The zero-order chi connectivity index (χ0) is 14.2. The van der Waals surface area contributed by atoms with E-state index >= 15 is 0 Å². The second-order valence-corrected chi connectivity index (χ2v) is 4.69. The molecule has 1 aromatic carbocycles. The molecule has 1 aromatic heterocycles. The lowest BCUT2D eigenvalue weighted by Gasteiger charge is -2.20. The van der Waals surface area contributed by atoms with Gasteiger partial charge in [-0.15, -0.1) is 0 Å².